The summed E-state index contributed by atoms with van der Waals surface area (Å²) in [6.07, 6.45) is 2.93. The first-order valence-electron chi connectivity index (χ1n) is 12.9. The molecule has 0 spiro atoms. The molecule has 0 aliphatic carbocycles. The van der Waals surface area contributed by atoms with Gasteiger partial charge in [-0.25, -0.2) is 0 Å². The summed E-state index contributed by atoms with van der Waals surface area (Å²) in [5.74, 6) is -1.15. The van der Waals surface area contributed by atoms with Crippen LogP contribution in [0.2, 0.25) is 5.02 Å². The lowest BCUT2D eigenvalue weighted by molar-refractivity contribution is -0.140. The molecule has 0 radical (unpaired) electrons. The number of carbonyl (C=O) groups excluding carboxylic acids is 3. The van der Waals surface area contributed by atoms with Crippen molar-refractivity contribution in [2.24, 2.45) is 0 Å². The van der Waals surface area contributed by atoms with Crippen molar-refractivity contribution in [2.75, 3.05) is 11.9 Å². The van der Waals surface area contributed by atoms with Crippen molar-refractivity contribution in [1.82, 2.24) is 10.2 Å². The van der Waals surface area contributed by atoms with E-state index in [1.807, 2.05) is 0 Å². The molecule has 218 valence electrons. The highest BCUT2D eigenvalue weighted by Gasteiger charge is 2.50. The number of alkyl halides is 2. The van der Waals surface area contributed by atoms with Gasteiger partial charge in [0.2, 0.25) is 11.8 Å². The van der Waals surface area contributed by atoms with Crippen LogP contribution < -0.4 is 10.2 Å². The van der Waals surface area contributed by atoms with Crippen molar-refractivity contribution in [3.63, 3.8) is 0 Å². The standard InChI is InChI=1S/C27H27ClF2N3O6PS/c1-32(18-8-6-17(28)7-9-18)26(36)21-11-10-19-3-2-4-20(25(35)33(19)21)31-24(34)23-14-15-13-16(5-12-22(15)41-23)27(29,30)40(37,38)39/h5-9,12-14,19-21H,2-4,10-11H2,1H3,(H,31,34)(H2,37,38,39)/t19-,20-,21-/m0/s1. The van der Waals surface area contributed by atoms with E-state index in [0.717, 1.165) is 23.5 Å². The average molecular weight is 626 g/mol. The third kappa shape index (κ3) is 5.63. The lowest BCUT2D eigenvalue weighted by Crippen LogP contribution is -2.54. The van der Waals surface area contributed by atoms with E-state index in [2.05, 4.69) is 5.32 Å². The Bertz CT molecular complexity index is 1560. The van der Waals surface area contributed by atoms with Gasteiger partial charge >= 0.3 is 13.3 Å². The Morgan fingerprint density at radius 2 is 1.80 bits per heavy atom. The van der Waals surface area contributed by atoms with E-state index in [4.69, 9.17) is 21.4 Å². The number of hydrogen-bond acceptors (Lipinski definition) is 5. The number of hydrogen-bond donors (Lipinski definition) is 3. The summed E-state index contributed by atoms with van der Waals surface area (Å²) in [6.45, 7) is 0. The van der Waals surface area contributed by atoms with E-state index in [0.29, 0.717) is 47.5 Å². The normalized spacial score (nSPS) is 21.5. The van der Waals surface area contributed by atoms with Crippen LogP contribution in [0.4, 0.5) is 14.5 Å². The number of nitrogens with one attached hydrogen (secondary N) is 1. The second kappa shape index (κ2) is 11.1. The minimum Gasteiger partial charge on any atom is -0.340 e. The topological polar surface area (TPSA) is 127 Å². The van der Waals surface area contributed by atoms with Crippen LogP contribution in [0.15, 0.2) is 48.5 Å². The SMILES string of the molecule is CN(C(=O)[C@@H]1CC[C@@H]2CCC[C@H](NC(=O)c3cc4cc(C(F)(F)P(=O)(O)O)ccc4s3)C(=O)N21)c1ccc(Cl)cc1. The van der Waals surface area contributed by atoms with E-state index in [1.165, 1.54) is 17.0 Å². The third-order valence-electron chi connectivity index (χ3n) is 7.67. The molecule has 3 N–H and O–H groups in total. The van der Waals surface area contributed by atoms with Crippen LogP contribution in [0.1, 0.15) is 47.3 Å². The monoisotopic (exact) mass is 625 g/mol. The van der Waals surface area contributed by atoms with Gasteiger partial charge in [-0.1, -0.05) is 17.7 Å². The van der Waals surface area contributed by atoms with Crippen LogP contribution in [0, 0.1) is 0 Å². The fraction of sp³-hybridized carbons (Fsp3) is 0.370. The molecule has 1 aromatic heterocycles. The minimum atomic E-state index is -5.75. The predicted molar refractivity (Wildman–Crippen MR) is 151 cm³/mol. The quantitative estimate of drug-likeness (QED) is 0.328. The lowest BCUT2D eigenvalue weighted by atomic mass is 10.1. The van der Waals surface area contributed by atoms with Crippen molar-refractivity contribution in [3.05, 3.63) is 64.0 Å². The molecule has 5 rings (SSSR count). The van der Waals surface area contributed by atoms with Crippen LogP contribution in [-0.2, 0) is 19.8 Å². The maximum atomic E-state index is 14.2. The summed E-state index contributed by atoms with van der Waals surface area (Å²) in [5.41, 5.74) is -4.59. The molecule has 2 aliphatic heterocycles. The highest BCUT2D eigenvalue weighted by atomic mass is 35.5. The van der Waals surface area contributed by atoms with Crippen LogP contribution in [-0.4, -0.2) is 57.6 Å². The number of thiophene rings is 1. The van der Waals surface area contributed by atoms with Gasteiger partial charge in [-0.05, 0) is 80.0 Å². The van der Waals surface area contributed by atoms with E-state index in [-0.39, 0.29) is 28.1 Å². The molecule has 2 aliphatic rings. The number of rotatable bonds is 6. The molecule has 2 saturated heterocycles. The fourth-order valence-electron chi connectivity index (χ4n) is 5.49. The minimum absolute atomic E-state index is 0.115. The van der Waals surface area contributed by atoms with Gasteiger partial charge in [-0.2, -0.15) is 8.78 Å². The van der Waals surface area contributed by atoms with Crippen LogP contribution in [0.25, 0.3) is 10.1 Å². The van der Waals surface area contributed by atoms with Gasteiger partial charge in [0.05, 0.1) is 4.88 Å². The number of halogens is 3. The molecular formula is C27H27ClF2N3O6PS. The average Bonchev–Trinajstić information content (AvgIpc) is 3.51. The lowest BCUT2D eigenvalue weighted by Gasteiger charge is -2.32. The molecule has 9 nitrogen and oxygen atoms in total. The highest BCUT2D eigenvalue weighted by Crippen LogP contribution is 2.59. The number of carbonyl (C=O) groups is 3. The maximum Gasteiger partial charge on any atom is 0.399 e. The van der Waals surface area contributed by atoms with Crippen molar-refractivity contribution < 1.29 is 37.5 Å². The van der Waals surface area contributed by atoms with E-state index in [9.17, 15) is 27.7 Å². The van der Waals surface area contributed by atoms with Crippen molar-refractivity contribution in [3.8, 4) is 0 Å². The molecule has 14 heteroatoms. The third-order valence-corrected chi connectivity index (χ3v) is 10.0. The molecule has 3 atom stereocenters. The Hall–Kier alpha value is -2.89. The number of fused-ring (bicyclic) bond motifs is 2. The Balaban J connectivity index is 1.33. The zero-order valence-corrected chi connectivity index (χ0v) is 24.3. The fourth-order valence-corrected chi connectivity index (χ4v) is 7.04. The first-order valence-corrected chi connectivity index (χ1v) is 15.7. The molecule has 0 unspecified atom stereocenters. The molecular weight excluding hydrogens is 599 g/mol. The Kier molecular flexibility index (Phi) is 7.99. The second-order valence-corrected chi connectivity index (χ2v) is 13.4. The van der Waals surface area contributed by atoms with Gasteiger partial charge < -0.3 is 24.9 Å². The van der Waals surface area contributed by atoms with Gasteiger partial charge in [0, 0.05) is 34.1 Å². The molecule has 41 heavy (non-hydrogen) atoms. The van der Waals surface area contributed by atoms with Gasteiger partial charge in [-0.3, -0.25) is 18.9 Å². The number of likely N-dealkylation sites (N-methyl/N-ethyl adjacent to an activating group) is 1. The first-order chi connectivity index (χ1) is 19.3. The maximum absolute atomic E-state index is 14.2. The Morgan fingerprint density at radius 3 is 2.49 bits per heavy atom. The summed E-state index contributed by atoms with van der Waals surface area (Å²) in [6, 6.07) is 9.62. The van der Waals surface area contributed by atoms with Gasteiger partial charge in [0.15, 0.2) is 0 Å². The smallest absolute Gasteiger partial charge is 0.340 e. The van der Waals surface area contributed by atoms with Gasteiger partial charge in [0.25, 0.3) is 5.91 Å². The molecule has 0 saturated carbocycles. The molecule has 3 aromatic rings. The van der Waals surface area contributed by atoms with E-state index < -0.39 is 36.8 Å². The van der Waals surface area contributed by atoms with Crippen LogP contribution in [0.3, 0.4) is 0 Å². The zero-order valence-electron chi connectivity index (χ0n) is 21.8. The number of amides is 3. The highest BCUT2D eigenvalue weighted by molar-refractivity contribution is 7.52. The Labute approximate surface area is 243 Å². The summed E-state index contributed by atoms with van der Waals surface area (Å²) in [7, 11) is -4.11. The molecule has 3 amide bonds. The van der Waals surface area contributed by atoms with Crippen molar-refractivity contribution in [2.45, 2.75) is 55.9 Å². The van der Waals surface area contributed by atoms with Crippen LogP contribution >= 0.6 is 30.5 Å². The summed E-state index contributed by atoms with van der Waals surface area (Å²) < 4.78 is 40.1. The van der Waals surface area contributed by atoms with E-state index in [1.54, 1.807) is 36.2 Å². The predicted octanol–water partition coefficient (Wildman–Crippen LogP) is 5.09. The zero-order chi connectivity index (χ0) is 29.7. The van der Waals surface area contributed by atoms with Crippen molar-refractivity contribution in [1.29, 1.82) is 0 Å². The molecule has 2 fully saturated rings. The first kappa shape index (κ1) is 29.6. The molecule has 0 bridgehead atoms. The summed E-state index contributed by atoms with van der Waals surface area (Å²) >= 11 is 6.98. The number of benzene rings is 2. The van der Waals surface area contributed by atoms with E-state index >= 15 is 0 Å². The largest absolute Gasteiger partial charge is 0.399 e. The van der Waals surface area contributed by atoms with Crippen LogP contribution in [0.5, 0.6) is 0 Å². The number of anilines is 1. The molecule has 2 aromatic carbocycles. The summed E-state index contributed by atoms with van der Waals surface area (Å²) in [5, 5.41) is 3.52. The number of nitrogens with zero attached hydrogens (tertiary/aromatic N) is 2. The summed E-state index contributed by atoms with van der Waals surface area (Å²) in [4.78, 5) is 61.7. The molecule has 3 heterocycles. The van der Waals surface area contributed by atoms with Crippen molar-refractivity contribution >= 4 is 64.0 Å². The van der Waals surface area contributed by atoms with Gasteiger partial charge in [-0.15, -0.1) is 11.3 Å². The van der Waals surface area contributed by atoms with Gasteiger partial charge in [0.1, 0.15) is 12.1 Å². The Morgan fingerprint density at radius 1 is 1.10 bits per heavy atom. The second-order valence-electron chi connectivity index (χ2n) is 10.3.